The molecule has 0 heterocycles. The maximum atomic E-state index is 6.15. The first-order valence-corrected chi connectivity index (χ1v) is 9.94. The second kappa shape index (κ2) is 10.0. The number of hydrogen-bond acceptors (Lipinski definition) is 2. The average molecular weight is 365 g/mol. The van der Waals surface area contributed by atoms with Crippen LogP contribution in [-0.4, -0.2) is 50.6 Å². The van der Waals surface area contributed by atoms with E-state index in [4.69, 9.17) is 11.6 Å². The van der Waals surface area contributed by atoms with E-state index in [1.807, 2.05) is 19.2 Å². The molecule has 25 heavy (non-hydrogen) atoms. The Balaban J connectivity index is 1.70. The van der Waals surface area contributed by atoms with Crippen LogP contribution in [0.5, 0.6) is 0 Å². The highest BCUT2D eigenvalue weighted by Crippen LogP contribution is 2.48. The van der Waals surface area contributed by atoms with Crippen LogP contribution in [0.4, 0.5) is 0 Å². The van der Waals surface area contributed by atoms with Gasteiger partial charge in [-0.25, -0.2) is 0 Å². The summed E-state index contributed by atoms with van der Waals surface area (Å²) in [5, 5.41) is 7.75. The molecule has 140 valence electrons. The lowest BCUT2D eigenvalue weighted by atomic mass is 9.96. The molecule has 0 aromatic heterocycles. The zero-order chi connectivity index (χ0) is 18.1. The molecule has 1 fully saturated rings. The zero-order valence-corrected chi connectivity index (χ0v) is 16.7. The number of halogens is 1. The van der Waals surface area contributed by atoms with Crippen LogP contribution in [0.1, 0.15) is 45.1 Å². The molecule has 0 unspecified atom stereocenters. The molecule has 0 atom stereocenters. The largest absolute Gasteiger partial charge is 0.356 e. The fourth-order valence-electron chi connectivity index (χ4n) is 3.22. The number of hydrogen-bond donors (Lipinski definition) is 2. The molecule has 1 saturated carbocycles. The monoisotopic (exact) mass is 364 g/mol. The Morgan fingerprint density at radius 1 is 1.20 bits per heavy atom. The van der Waals surface area contributed by atoms with Gasteiger partial charge in [0.25, 0.3) is 0 Å². The van der Waals surface area contributed by atoms with Crippen LogP contribution in [0.25, 0.3) is 0 Å². The molecule has 1 aliphatic rings. The maximum absolute atomic E-state index is 6.15. The molecule has 0 aliphatic heterocycles. The highest BCUT2D eigenvalue weighted by atomic mass is 35.5. The Bertz CT molecular complexity index is 550. The number of aliphatic imine (C=N–C) groups is 1. The summed E-state index contributed by atoms with van der Waals surface area (Å²) in [6.07, 6.45) is 4.80. The molecule has 0 bridgehead atoms. The van der Waals surface area contributed by atoms with Gasteiger partial charge in [0.2, 0.25) is 0 Å². The van der Waals surface area contributed by atoms with E-state index in [1.165, 1.54) is 31.4 Å². The van der Waals surface area contributed by atoms with Gasteiger partial charge in [-0.05, 0) is 63.0 Å². The van der Waals surface area contributed by atoms with Crippen LogP contribution in [-0.2, 0) is 5.41 Å². The van der Waals surface area contributed by atoms with Crippen LogP contribution < -0.4 is 10.6 Å². The van der Waals surface area contributed by atoms with Crippen molar-refractivity contribution in [3.05, 3.63) is 34.9 Å². The first-order chi connectivity index (χ1) is 12.1. The molecule has 1 aromatic carbocycles. The predicted molar refractivity (Wildman–Crippen MR) is 109 cm³/mol. The van der Waals surface area contributed by atoms with E-state index in [0.29, 0.717) is 0 Å². The number of nitrogens with one attached hydrogen (secondary N) is 2. The number of nitrogens with zero attached hydrogens (tertiary/aromatic N) is 2. The third-order valence-electron chi connectivity index (χ3n) is 5.20. The van der Waals surface area contributed by atoms with Crippen molar-refractivity contribution in [2.75, 3.05) is 39.8 Å². The highest BCUT2D eigenvalue weighted by Gasteiger charge is 2.44. The van der Waals surface area contributed by atoms with Gasteiger partial charge in [0.1, 0.15) is 0 Å². The molecule has 1 aromatic rings. The van der Waals surface area contributed by atoms with Crippen LogP contribution in [0.3, 0.4) is 0 Å². The molecule has 4 nitrogen and oxygen atoms in total. The fraction of sp³-hybridized carbons (Fsp3) is 0.650. The Morgan fingerprint density at radius 2 is 1.96 bits per heavy atom. The lowest BCUT2D eigenvalue weighted by molar-refractivity contribution is 0.297. The van der Waals surface area contributed by atoms with E-state index < -0.39 is 0 Å². The lowest BCUT2D eigenvalue weighted by Gasteiger charge is -2.20. The summed E-state index contributed by atoms with van der Waals surface area (Å²) >= 11 is 6.15. The van der Waals surface area contributed by atoms with Gasteiger partial charge in [-0.15, -0.1) is 0 Å². The van der Waals surface area contributed by atoms with Gasteiger partial charge in [0.15, 0.2) is 5.96 Å². The van der Waals surface area contributed by atoms with Gasteiger partial charge >= 0.3 is 0 Å². The molecule has 5 heteroatoms. The normalized spacial score (nSPS) is 16.1. The Labute approximate surface area is 158 Å². The van der Waals surface area contributed by atoms with Gasteiger partial charge < -0.3 is 15.5 Å². The van der Waals surface area contributed by atoms with Gasteiger partial charge in [-0.3, -0.25) is 4.99 Å². The fourth-order valence-corrected chi connectivity index (χ4v) is 3.41. The SMILES string of the molecule is CCN(CC)CCCCNC(=NC)NCC1(c2cccc(Cl)c2)CC1. The number of rotatable bonds is 10. The number of benzene rings is 1. The second-order valence-corrected chi connectivity index (χ2v) is 7.31. The predicted octanol–water partition coefficient (Wildman–Crippen LogP) is 3.66. The van der Waals surface area contributed by atoms with Crippen LogP contribution in [0.2, 0.25) is 5.02 Å². The summed E-state index contributed by atoms with van der Waals surface area (Å²) in [6, 6.07) is 8.26. The lowest BCUT2D eigenvalue weighted by Crippen LogP contribution is -2.41. The maximum Gasteiger partial charge on any atom is 0.191 e. The molecule has 2 rings (SSSR count). The first kappa shape index (κ1) is 20.1. The molecule has 0 saturated heterocycles. The van der Waals surface area contributed by atoms with E-state index in [2.05, 4.69) is 46.5 Å². The molecule has 0 amide bonds. The van der Waals surface area contributed by atoms with Crippen molar-refractivity contribution < 1.29 is 0 Å². The summed E-state index contributed by atoms with van der Waals surface area (Å²) in [5.41, 5.74) is 1.56. The first-order valence-electron chi connectivity index (χ1n) is 9.56. The third kappa shape index (κ3) is 6.19. The van der Waals surface area contributed by atoms with Crippen molar-refractivity contribution in [1.29, 1.82) is 0 Å². The summed E-state index contributed by atoms with van der Waals surface area (Å²) in [6.45, 7) is 9.77. The van der Waals surface area contributed by atoms with E-state index in [0.717, 1.165) is 43.6 Å². The molecule has 1 aliphatic carbocycles. The van der Waals surface area contributed by atoms with Crippen molar-refractivity contribution in [1.82, 2.24) is 15.5 Å². The molecule has 0 radical (unpaired) electrons. The smallest absolute Gasteiger partial charge is 0.191 e. The van der Waals surface area contributed by atoms with Gasteiger partial charge in [0.05, 0.1) is 0 Å². The standard InChI is InChI=1S/C20H33ClN4/c1-4-25(5-2)14-7-6-13-23-19(22-3)24-16-20(11-12-20)17-9-8-10-18(21)15-17/h8-10,15H,4-7,11-14,16H2,1-3H3,(H2,22,23,24). The van der Waals surface area contributed by atoms with Crippen molar-refractivity contribution in [2.45, 2.75) is 44.9 Å². The van der Waals surface area contributed by atoms with Crippen molar-refractivity contribution in [2.24, 2.45) is 4.99 Å². The summed E-state index contributed by atoms with van der Waals surface area (Å²) < 4.78 is 0. The van der Waals surface area contributed by atoms with Crippen LogP contribution >= 0.6 is 11.6 Å². The van der Waals surface area contributed by atoms with Gasteiger partial charge in [-0.2, -0.15) is 0 Å². The summed E-state index contributed by atoms with van der Waals surface area (Å²) in [4.78, 5) is 6.82. The highest BCUT2D eigenvalue weighted by molar-refractivity contribution is 6.30. The Hall–Kier alpha value is -1.26. The quantitative estimate of drug-likeness (QED) is 0.378. The second-order valence-electron chi connectivity index (χ2n) is 6.88. The Kier molecular flexibility index (Phi) is 8.04. The molecular weight excluding hydrogens is 332 g/mol. The van der Waals surface area contributed by atoms with E-state index in [1.54, 1.807) is 0 Å². The average Bonchev–Trinajstić information content (AvgIpc) is 3.42. The van der Waals surface area contributed by atoms with E-state index in [-0.39, 0.29) is 5.41 Å². The molecular formula is C20H33ClN4. The minimum atomic E-state index is 0.227. The topological polar surface area (TPSA) is 39.7 Å². The summed E-state index contributed by atoms with van der Waals surface area (Å²) in [7, 11) is 1.84. The van der Waals surface area contributed by atoms with E-state index in [9.17, 15) is 0 Å². The molecule has 0 spiro atoms. The zero-order valence-electron chi connectivity index (χ0n) is 15.9. The van der Waals surface area contributed by atoms with Crippen molar-refractivity contribution >= 4 is 17.6 Å². The third-order valence-corrected chi connectivity index (χ3v) is 5.43. The van der Waals surface area contributed by atoms with Gasteiger partial charge in [0, 0.05) is 30.6 Å². The number of unbranched alkanes of at least 4 members (excludes halogenated alkanes) is 1. The molecule has 2 N–H and O–H groups in total. The minimum Gasteiger partial charge on any atom is -0.356 e. The van der Waals surface area contributed by atoms with E-state index >= 15 is 0 Å². The van der Waals surface area contributed by atoms with Crippen LogP contribution in [0.15, 0.2) is 29.3 Å². The van der Waals surface area contributed by atoms with Crippen molar-refractivity contribution in [3.8, 4) is 0 Å². The number of guanidine groups is 1. The summed E-state index contributed by atoms with van der Waals surface area (Å²) in [5.74, 6) is 0.899. The van der Waals surface area contributed by atoms with Gasteiger partial charge in [-0.1, -0.05) is 37.6 Å². The minimum absolute atomic E-state index is 0.227. The Morgan fingerprint density at radius 3 is 2.56 bits per heavy atom. The van der Waals surface area contributed by atoms with Crippen molar-refractivity contribution in [3.63, 3.8) is 0 Å². The van der Waals surface area contributed by atoms with Crippen LogP contribution in [0, 0.1) is 0 Å².